The molecule has 0 bridgehead atoms. The Morgan fingerprint density at radius 2 is 1.45 bits per heavy atom. The fraction of sp³-hybridized carbons (Fsp3) is 0.0606. The number of allylic oxidation sites excluding steroid dienone is 1. The number of amides is 2. The Labute approximate surface area is 242 Å². The van der Waals surface area contributed by atoms with E-state index < -0.39 is 16.7 Å². The van der Waals surface area contributed by atoms with Gasteiger partial charge in [0.25, 0.3) is 17.5 Å². The van der Waals surface area contributed by atoms with Gasteiger partial charge in [-0.2, -0.15) is 0 Å². The Kier molecular flexibility index (Phi) is 9.72. The zero-order valence-corrected chi connectivity index (χ0v) is 22.7. The first-order valence-corrected chi connectivity index (χ1v) is 13.0. The van der Waals surface area contributed by atoms with Crippen LogP contribution in [0.5, 0.6) is 5.75 Å². The maximum atomic E-state index is 13.2. The van der Waals surface area contributed by atoms with E-state index in [1.807, 2.05) is 31.2 Å². The van der Waals surface area contributed by atoms with Gasteiger partial charge in [0.1, 0.15) is 11.4 Å². The highest BCUT2D eigenvalue weighted by Gasteiger charge is 2.16. The molecular formula is C33H27N3O6. The molecule has 0 spiro atoms. The first-order chi connectivity index (χ1) is 20.3. The summed E-state index contributed by atoms with van der Waals surface area (Å²) in [6, 6.07) is 27.6. The summed E-state index contributed by atoms with van der Waals surface area (Å²) < 4.78 is 5.42. The smallest absolute Gasteiger partial charge is 0.272 e. The highest BCUT2D eigenvalue weighted by molar-refractivity contribution is 6.11. The second kappa shape index (κ2) is 14.0. The molecule has 210 valence electrons. The van der Waals surface area contributed by atoms with Crippen molar-refractivity contribution < 1.29 is 24.0 Å². The molecule has 0 fully saturated rings. The third kappa shape index (κ3) is 8.09. The molecule has 0 saturated carbocycles. The lowest BCUT2D eigenvalue weighted by Gasteiger charge is -2.12. The van der Waals surface area contributed by atoms with Gasteiger partial charge in [0.05, 0.1) is 11.5 Å². The summed E-state index contributed by atoms with van der Waals surface area (Å²) in [6.45, 7) is 2.48. The molecule has 9 heteroatoms. The molecule has 0 saturated heterocycles. The summed E-state index contributed by atoms with van der Waals surface area (Å²) in [5, 5.41) is 16.3. The number of anilines is 1. The van der Waals surface area contributed by atoms with Crippen molar-refractivity contribution in [3.63, 3.8) is 0 Å². The second-order valence-corrected chi connectivity index (χ2v) is 8.96. The number of nitrogens with zero attached hydrogens (tertiary/aromatic N) is 1. The number of non-ortho nitro benzene ring substituents is 1. The van der Waals surface area contributed by atoms with E-state index in [0.717, 1.165) is 11.3 Å². The molecule has 0 unspecified atom stereocenters. The Morgan fingerprint density at radius 1 is 0.810 bits per heavy atom. The molecule has 0 aromatic heterocycles. The Hall–Kier alpha value is -5.83. The number of rotatable bonds is 11. The minimum absolute atomic E-state index is 0.0730. The second-order valence-electron chi connectivity index (χ2n) is 8.96. The number of hydrogen-bond acceptors (Lipinski definition) is 6. The molecule has 0 heterocycles. The first kappa shape index (κ1) is 29.2. The average Bonchev–Trinajstić information content (AvgIpc) is 3.01. The van der Waals surface area contributed by atoms with Gasteiger partial charge < -0.3 is 15.4 Å². The fourth-order valence-electron chi connectivity index (χ4n) is 3.83. The van der Waals surface area contributed by atoms with E-state index in [9.17, 15) is 24.5 Å². The molecule has 4 aromatic rings. The third-order valence-electron chi connectivity index (χ3n) is 5.99. The van der Waals surface area contributed by atoms with Crippen molar-refractivity contribution in [1.29, 1.82) is 0 Å². The Balaban J connectivity index is 1.47. The molecule has 42 heavy (non-hydrogen) atoms. The van der Waals surface area contributed by atoms with E-state index in [0.29, 0.717) is 29.0 Å². The van der Waals surface area contributed by atoms with Gasteiger partial charge >= 0.3 is 0 Å². The van der Waals surface area contributed by atoms with E-state index in [1.54, 1.807) is 60.7 Å². The fourth-order valence-corrected chi connectivity index (χ4v) is 3.83. The minimum Gasteiger partial charge on any atom is -0.494 e. The summed E-state index contributed by atoms with van der Waals surface area (Å²) in [5.41, 5.74) is 2.32. The van der Waals surface area contributed by atoms with Crippen LogP contribution >= 0.6 is 0 Å². The van der Waals surface area contributed by atoms with Crippen LogP contribution in [-0.4, -0.2) is 29.1 Å². The van der Waals surface area contributed by atoms with Crippen molar-refractivity contribution in [2.75, 3.05) is 11.9 Å². The van der Waals surface area contributed by atoms with E-state index in [2.05, 4.69) is 10.6 Å². The largest absolute Gasteiger partial charge is 0.494 e. The monoisotopic (exact) mass is 561 g/mol. The molecule has 4 rings (SSSR count). The molecule has 0 aliphatic heterocycles. The van der Waals surface area contributed by atoms with Crippen molar-refractivity contribution in [2.45, 2.75) is 6.92 Å². The molecule has 9 nitrogen and oxygen atoms in total. The highest BCUT2D eigenvalue weighted by atomic mass is 16.6. The number of nitrogens with one attached hydrogen (secondary N) is 2. The standard InChI is InChI=1S/C33H27N3O6/c1-2-42-29-19-10-23(11-20-29)12-21-31(37)25-13-15-27(16-14-25)34-33(39)30(35-32(38)26-6-4-3-5-7-26)22-24-8-17-28(18-9-24)36(40)41/h3-22H,2H2,1H3,(H,34,39)(H,35,38)/b21-12+,30-22-. The van der Waals surface area contributed by atoms with Gasteiger partial charge in [-0.05, 0) is 90.9 Å². The average molecular weight is 562 g/mol. The van der Waals surface area contributed by atoms with Crippen molar-refractivity contribution in [3.8, 4) is 5.75 Å². The lowest BCUT2D eigenvalue weighted by atomic mass is 10.1. The number of ether oxygens (including phenoxy) is 1. The zero-order valence-electron chi connectivity index (χ0n) is 22.7. The van der Waals surface area contributed by atoms with Gasteiger partial charge in [0, 0.05) is 28.9 Å². The predicted octanol–water partition coefficient (Wildman–Crippen LogP) is 6.30. The molecule has 0 radical (unpaired) electrons. The quantitative estimate of drug-likeness (QED) is 0.0958. The molecule has 0 atom stereocenters. The maximum absolute atomic E-state index is 13.2. The zero-order chi connectivity index (χ0) is 29.9. The SMILES string of the molecule is CCOc1ccc(/C=C/C(=O)c2ccc(NC(=O)/C(=C/c3ccc([N+](=O)[O-])cc3)NC(=O)c3ccccc3)cc2)cc1. The lowest BCUT2D eigenvalue weighted by Crippen LogP contribution is -2.30. The number of carbonyl (C=O) groups excluding carboxylic acids is 3. The highest BCUT2D eigenvalue weighted by Crippen LogP contribution is 2.17. The van der Waals surface area contributed by atoms with Crippen LogP contribution < -0.4 is 15.4 Å². The van der Waals surface area contributed by atoms with E-state index in [-0.39, 0.29) is 17.2 Å². The minimum atomic E-state index is -0.618. The Morgan fingerprint density at radius 3 is 2.07 bits per heavy atom. The number of benzene rings is 4. The normalized spacial score (nSPS) is 11.1. The summed E-state index contributed by atoms with van der Waals surface area (Å²) in [4.78, 5) is 49.1. The van der Waals surface area contributed by atoms with Crippen molar-refractivity contribution in [3.05, 3.63) is 147 Å². The van der Waals surface area contributed by atoms with Crippen LogP contribution in [0.2, 0.25) is 0 Å². The van der Waals surface area contributed by atoms with Gasteiger partial charge in [-0.25, -0.2) is 0 Å². The van der Waals surface area contributed by atoms with Crippen LogP contribution in [0.4, 0.5) is 11.4 Å². The number of nitro benzene ring substituents is 1. The molecule has 0 aliphatic rings. The number of hydrogen-bond donors (Lipinski definition) is 2. The predicted molar refractivity (Wildman–Crippen MR) is 161 cm³/mol. The van der Waals surface area contributed by atoms with Crippen LogP contribution in [0.3, 0.4) is 0 Å². The first-order valence-electron chi connectivity index (χ1n) is 13.0. The lowest BCUT2D eigenvalue weighted by molar-refractivity contribution is -0.384. The molecule has 0 aliphatic carbocycles. The van der Waals surface area contributed by atoms with E-state index in [1.165, 1.54) is 36.4 Å². The number of ketones is 1. The van der Waals surface area contributed by atoms with Crippen molar-refractivity contribution in [1.82, 2.24) is 5.32 Å². The topological polar surface area (TPSA) is 128 Å². The third-order valence-corrected chi connectivity index (χ3v) is 5.99. The van der Waals surface area contributed by atoms with E-state index in [4.69, 9.17) is 4.74 Å². The van der Waals surface area contributed by atoms with Crippen LogP contribution in [0.15, 0.2) is 115 Å². The van der Waals surface area contributed by atoms with Crippen LogP contribution in [0.1, 0.15) is 38.8 Å². The van der Waals surface area contributed by atoms with Gasteiger partial charge in [-0.1, -0.05) is 36.4 Å². The summed E-state index contributed by atoms with van der Waals surface area (Å²) >= 11 is 0. The summed E-state index contributed by atoms with van der Waals surface area (Å²) in [5.74, 6) is -0.578. The van der Waals surface area contributed by atoms with Gasteiger partial charge in [0.15, 0.2) is 5.78 Å². The van der Waals surface area contributed by atoms with Gasteiger partial charge in [0.2, 0.25) is 0 Å². The Bertz CT molecular complexity index is 1630. The summed E-state index contributed by atoms with van der Waals surface area (Å²) in [7, 11) is 0. The van der Waals surface area contributed by atoms with Crippen molar-refractivity contribution in [2.24, 2.45) is 0 Å². The maximum Gasteiger partial charge on any atom is 0.272 e. The van der Waals surface area contributed by atoms with E-state index >= 15 is 0 Å². The molecule has 4 aromatic carbocycles. The number of carbonyl (C=O) groups is 3. The molecule has 2 amide bonds. The van der Waals surface area contributed by atoms with Gasteiger partial charge in [-0.15, -0.1) is 0 Å². The van der Waals surface area contributed by atoms with Gasteiger partial charge in [-0.3, -0.25) is 24.5 Å². The molecule has 2 N–H and O–H groups in total. The number of nitro groups is 1. The van der Waals surface area contributed by atoms with Crippen molar-refractivity contribution >= 4 is 41.1 Å². The van der Waals surface area contributed by atoms with Crippen LogP contribution in [-0.2, 0) is 4.79 Å². The van der Waals surface area contributed by atoms with Crippen LogP contribution in [0.25, 0.3) is 12.2 Å². The molecular weight excluding hydrogens is 534 g/mol. The summed E-state index contributed by atoms with van der Waals surface area (Å²) in [6.07, 6.45) is 4.59. The van der Waals surface area contributed by atoms with Crippen LogP contribution in [0, 0.1) is 10.1 Å².